The summed E-state index contributed by atoms with van der Waals surface area (Å²) in [4.78, 5) is 25.0. The minimum Gasteiger partial charge on any atom is -0.326 e. The molecule has 102 valence electrons. The van der Waals surface area contributed by atoms with Crippen molar-refractivity contribution in [3.8, 4) is 0 Å². The molecule has 0 atom stereocenters. The zero-order chi connectivity index (χ0) is 13.7. The van der Waals surface area contributed by atoms with E-state index in [4.69, 9.17) is 0 Å². The summed E-state index contributed by atoms with van der Waals surface area (Å²) >= 11 is 1.66. The van der Waals surface area contributed by atoms with E-state index >= 15 is 0 Å². The van der Waals surface area contributed by atoms with E-state index in [9.17, 15) is 9.59 Å². The zero-order valence-electron chi connectivity index (χ0n) is 11.0. The highest BCUT2D eigenvalue weighted by molar-refractivity contribution is 7.98. The molecule has 0 unspecified atom stereocenters. The van der Waals surface area contributed by atoms with Gasteiger partial charge in [0.15, 0.2) is 0 Å². The van der Waals surface area contributed by atoms with E-state index in [-0.39, 0.29) is 11.8 Å². The third kappa shape index (κ3) is 3.73. The second kappa shape index (κ2) is 6.61. The van der Waals surface area contributed by atoms with Crippen LogP contribution in [0.1, 0.15) is 19.3 Å². The number of carbonyl (C=O) groups excluding carboxylic acids is 2. The maximum absolute atomic E-state index is 11.6. The van der Waals surface area contributed by atoms with E-state index in [2.05, 4.69) is 5.32 Å². The van der Waals surface area contributed by atoms with Crippen molar-refractivity contribution in [2.45, 2.75) is 19.3 Å². The van der Waals surface area contributed by atoms with E-state index in [1.165, 1.54) is 0 Å². The largest absolute Gasteiger partial charge is 0.326 e. The first-order chi connectivity index (χ1) is 9.20. The summed E-state index contributed by atoms with van der Waals surface area (Å²) in [5, 5.41) is 2.85. The molecule has 4 nitrogen and oxygen atoms in total. The first-order valence-electron chi connectivity index (χ1n) is 6.40. The van der Waals surface area contributed by atoms with Crippen molar-refractivity contribution in [3.63, 3.8) is 0 Å². The Balaban J connectivity index is 1.94. The van der Waals surface area contributed by atoms with Crippen LogP contribution in [0.25, 0.3) is 0 Å². The molecule has 1 aliphatic heterocycles. The molecule has 19 heavy (non-hydrogen) atoms. The van der Waals surface area contributed by atoms with Crippen LogP contribution in [0.5, 0.6) is 0 Å². The van der Waals surface area contributed by atoms with Crippen molar-refractivity contribution in [1.82, 2.24) is 0 Å². The highest BCUT2D eigenvalue weighted by Gasteiger charge is 2.21. The Hall–Kier alpha value is -1.49. The van der Waals surface area contributed by atoms with Crippen molar-refractivity contribution in [1.29, 1.82) is 0 Å². The summed E-state index contributed by atoms with van der Waals surface area (Å²) in [5.41, 5.74) is 1.69. The summed E-state index contributed by atoms with van der Waals surface area (Å²) in [6.45, 7) is 0.790. The molecule has 2 rings (SSSR count). The Labute approximate surface area is 117 Å². The van der Waals surface area contributed by atoms with Crippen LogP contribution < -0.4 is 10.2 Å². The highest BCUT2D eigenvalue weighted by Crippen LogP contribution is 2.23. The molecule has 1 saturated heterocycles. The van der Waals surface area contributed by atoms with Crippen LogP contribution in [-0.4, -0.2) is 30.4 Å². The number of carbonyl (C=O) groups is 2. The lowest BCUT2D eigenvalue weighted by Gasteiger charge is -2.16. The lowest BCUT2D eigenvalue weighted by atomic mass is 10.2. The lowest BCUT2D eigenvalue weighted by Crippen LogP contribution is -2.23. The van der Waals surface area contributed by atoms with Gasteiger partial charge in [-0.2, -0.15) is 11.8 Å². The molecule has 0 saturated carbocycles. The number of amides is 2. The van der Waals surface area contributed by atoms with Gasteiger partial charge in [0, 0.05) is 36.5 Å². The van der Waals surface area contributed by atoms with Gasteiger partial charge in [0.25, 0.3) is 0 Å². The molecule has 2 amide bonds. The second-order valence-electron chi connectivity index (χ2n) is 4.49. The van der Waals surface area contributed by atoms with Crippen LogP contribution in [0.4, 0.5) is 11.4 Å². The molecule has 1 aromatic carbocycles. The Morgan fingerprint density at radius 2 is 2.11 bits per heavy atom. The summed E-state index contributed by atoms with van der Waals surface area (Å²) in [6, 6.07) is 7.46. The molecular weight excluding hydrogens is 260 g/mol. The van der Waals surface area contributed by atoms with Gasteiger partial charge >= 0.3 is 0 Å². The SMILES string of the molecule is CSCCC(=O)Nc1ccc(N2CCCC2=O)cc1. The normalized spacial score (nSPS) is 14.8. The van der Waals surface area contributed by atoms with Gasteiger partial charge in [0.1, 0.15) is 0 Å². The van der Waals surface area contributed by atoms with Crippen molar-refractivity contribution >= 4 is 35.0 Å². The van der Waals surface area contributed by atoms with Crippen molar-refractivity contribution in [2.75, 3.05) is 28.8 Å². The molecule has 0 aromatic heterocycles. The maximum Gasteiger partial charge on any atom is 0.227 e. The van der Waals surface area contributed by atoms with Crippen LogP contribution >= 0.6 is 11.8 Å². The summed E-state index contributed by atoms with van der Waals surface area (Å²) in [7, 11) is 0. The van der Waals surface area contributed by atoms with Crippen molar-refractivity contribution < 1.29 is 9.59 Å². The van der Waals surface area contributed by atoms with Crippen LogP contribution in [-0.2, 0) is 9.59 Å². The van der Waals surface area contributed by atoms with Gasteiger partial charge in [-0.15, -0.1) is 0 Å². The van der Waals surface area contributed by atoms with Gasteiger partial charge in [0.2, 0.25) is 11.8 Å². The van der Waals surface area contributed by atoms with Crippen molar-refractivity contribution in [2.24, 2.45) is 0 Å². The van der Waals surface area contributed by atoms with Gasteiger partial charge in [-0.25, -0.2) is 0 Å². The summed E-state index contributed by atoms with van der Waals surface area (Å²) in [5.74, 6) is 1.03. The maximum atomic E-state index is 11.6. The number of thioether (sulfide) groups is 1. The highest BCUT2D eigenvalue weighted by atomic mass is 32.2. The standard InChI is InChI=1S/C14H18N2O2S/c1-19-10-8-13(17)15-11-4-6-12(7-5-11)16-9-2-3-14(16)18/h4-7H,2-3,8-10H2,1H3,(H,15,17). The molecule has 0 spiro atoms. The Morgan fingerprint density at radius 1 is 1.37 bits per heavy atom. The predicted octanol–water partition coefficient (Wildman–Crippen LogP) is 2.51. The monoisotopic (exact) mass is 278 g/mol. The fourth-order valence-electron chi connectivity index (χ4n) is 2.06. The molecule has 0 radical (unpaired) electrons. The fourth-order valence-corrected chi connectivity index (χ4v) is 2.45. The third-order valence-corrected chi connectivity index (χ3v) is 3.68. The predicted molar refractivity (Wildman–Crippen MR) is 79.7 cm³/mol. The number of benzene rings is 1. The molecule has 1 N–H and O–H groups in total. The molecule has 0 aliphatic carbocycles. The van der Waals surface area contributed by atoms with Crippen LogP contribution in [0, 0.1) is 0 Å². The lowest BCUT2D eigenvalue weighted by molar-refractivity contribution is -0.117. The first kappa shape index (κ1) is 13.9. The van der Waals surface area contributed by atoms with Gasteiger partial charge < -0.3 is 10.2 Å². The number of nitrogens with zero attached hydrogens (tertiary/aromatic N) is 1. The fraction of sp³-hybridized carbons (Fsp3) is 0.429. The number of anilines is 2. The first-order valence-corrected chi connectivity index (χ1v) is 7.79. The molecule has 5 heteroatoms. The number of hydrogen-bond donors (Lipinski definition) is 1. The summed E-state index contributed by atoms with van der Waals surface area (Å²) in [6.07, 6.45) is 4.06. The number of nitrogens with one attached hydrogen (secondary N) is 1. The molecule has 1 heterocycles. The van der Waals surface area contributed by atoms with Crippen LogP contribution in [0.15, 0.2) is 24.3 Å². The molecule has 1 fully saturated rings. The molecule has 0 bridgehead atoms. The Kier molecular flexibility index (Phi) is 4.85. The molecular formula is C14H18N2O2S. The number of hydrogen-bond acceptors (Lipinski definition) is 3. The summed E-state index contributed by atoms with van der Waals surface area (Å²) < 4.78 is 0. The van der Waals surface area contributed by atoms with Crippen molar-refractivity contribution in [3.05, 3.63) is 24.3 Å². The zero-order valence-corrected chi connectivity index (χ0v) is 11.8. The minimum absolute atomic E-state index is 0.0272. The van der Waals surface area contributed by atoms with E-state index in [1.807, 2.05) is 30.5 Å². The average Bonchev–Trinajstić information content (AvgIpc) is 2.83. The average molecular weight is 278 g/mol. The van der Waals surface area contributed by atoms with Crippen LogP contribution in [0.3, 0.4) is 0 Å². The molecule has 1 aromatic rings. The van der Waals surface area contributed by atoms with Gasteiger partial charge in [-0.3, -0.25) is 9.59 Å². The van der Waals surface area contributed by atoms with E-state index in [0.717, 1.165) is 30.1 Å². The van der Waals surface area contributed by atoms with E-state index in [1.54, 1.807) is 16.7 Å². The number of rotatable bonds is 5. The van der Waals surface area contributed by atoms with Gasteiger partial charge in [-0.05, 0) is 36.9 Å². The van der Waals surface area contributed by atoms with Gasteiger partial charge in [0.05, 0.1) is 0 Å². The smallest absolute Gasteiger partial charge is 0.227 e. The quantitative estimate of drug-likeness (QED) is 0.900. The van der Waals surface area contributed by atoms with Gasteiger partial charge in [-0.1, -0.05) is 0 Å². The second-order valence-corrected chi connectivity index (χ2v) is 5.47. The Bertz CT molecular complexity index is 459. The minimum atomic E-state index is 0.0272. The van der Waals surface area contributed by atoms with E-state index < -0.39 is 0 Å². The van der Waals surface area contributed by atoms with E-state index in [0.29, 0.717) is 12.8 Å². The van der Waals surface area contributed by atoms with Crippen LogP contribution in [0.2, 0.25) is 0 Å². The molecule has 1 aliphatic rings. The Morgan fingerprint density at radius 3 is 2.68 bits per heavy atom. The third-order valence-electron chi connectivity index (χ3n) is 3.07. The topological polar surface area (TPSA) is 49.4 Å².